The zero-order valence-electron chi connectivity index (χ0n) is 14.0. The maximum atomic E-state index is 12.0. The lowest BCUT2D eigenvalue weighted by Crippen LogP contribution is -2.46. The molecule has 1 N–H and O–H groups in total. The number of halogens is 1. The molecule has 0 aromatic heterocycles. The number of allylic oxidation sites excluding steroid dienone is 1. The molecule has 2 atom stereocenters. The molecule has 0 spiro atoms. The fraction of sp³-hybridized carbons (Fsp3) is 0.857. The van der Waals surface area contributed by atoms with Crippen molar-refractivity contribution in [2.75, 3.05) is 33.7 Å². The standard InChI is InChI=1S/C14H29N3O2S.ClH/c1-7-12(4)8-17-9-13(11(2)3)14(10-17)15-20(18,19)16(5)6;/h7,11,13-15H,8-10H2,1-6H3;1H/b12-7+;/t13-,14+;/m1./s1. The Morgan fingerprint density at radius 2 is 1.95 bits per heavy atom. The van der Waals surface area contributed by atoms with Gasteiger partial charge in [0.05, 0.1) is 0 Å². The van der Waals surface area contributed by atoms with Gasteiger partial charge in [-0.2, -0.15) is 17.4 Å². The summed E-state index contributed by atoms with van der Waals surface area (Å²) in [6, 6.07) is -0.00736. The Kier molecular flexibility index (Phi) is 8.42. The summed E-state index contributed by atoms with van der Waals surface area (Å²) in [4.78, 5) is 2.34. The van der Waals surface area contributed by atoms with Gasteiger partial charge in [-0.1, -0.05) is 25.5 Å². The number of nitrogens with zero attached hydrogens (tertiary/aromatic N) is 2. The third-order valence-corrected chi connectivity index (χ3v) is 5.61. The minimum atomic E-state index is -3.36. The van der Waals surface area contributed by atoms with Gasteiger partial charge in [0, 0.05) is 39.8 Å². The van der Waals surface area contributed by atoms with E-state index in [1.807, 2.05) is 6.92 Å². The third kappa shape index (κ3) is 5.87. The van der Waals surface area contributed by atoms with Gasteiger partial charge in [-0.25, -0.2) is 0 Å². The van der Waals surface area contributed by atoms with Gasteiger partial charge in [0.2, 0.25) is 0 Å². The Hall–Kier alpha value is -0.140. The van der Waals surface area contributed by atoms with E-state index >= 15 is 0 Å². The number of likely N-dealkylation sites (tertiary alicyclic amines) is 1. The number of nitrogens with one attached hydrogen (secondary N) is 1. The summed E-state index contributed by atoms with van der Waals surface area (Å²) >= 11 is 0. The van der Waals surface area contributed by atoms with E-state index in [0.29, 0.717) is 11.8 Å². The highest BCUT2D eigenvalue weighted by atomic mass is 35.5. The molecule has 0 unspecified atom stereocenters. The Labute approximate surface area is 136 Å². The van der Waals surface area contributed by atoms with Crippen LogP contribution in [0.1, 0.15) is 27.7 Å². The van der Waals surface area contributed by atoms with Gasteiger partial charge in [0.25, 0.3) is 10.2 Å². The maximum absolute atomic E-state index is 12.0. The van der Waals surface area contributed by atoms with E-state index in [0.717, 1.165) is 19.6 Å². The summed E-state index contributed by atoms with van der Waals surface area (Å²) in [5.41, 5.74) is 1.32. The molecule has 1 aliphatic heterocycles. The van der Waals surface area contributed by atoms with Crippen LogP contribution in [-0.4, -0.2) is 57.4 Å². The monoisotopic (exact) mass is 339 g/mol. The molecule has 1 fully saturated rings. The highest BCUT2D eigenvalue weighted by Gasteiger charge is 2.37. The van der Waals surface area contributed by atoms with Crippen molar-refractivity contribution in [2.45, 2.75) is 33.7 Å². The Morgan fingerprint density at radius 1 is 1.38 bits per heavy atom. The van der Waals surface area contributed by atoms with Crippen LogP contribution in [0.5, 0.6) is 0 Å². The Balaban J connectivity index is 0.00000400. The first-order valence-electron chi connectivity index (χ1n) is 7.21. The van der Waals surface area contributed by atoms with Crippen molar-refractivity contribution >= 4 is 22.6 Å². The molecule has 126 valence electrons. The van der Waals surface area contributed by atoms with Gasteiger partial charge in [0.1, 0.15) is 0 Å². The van der Waals surface area contributed by atoms with Crippen LogP contribution in [0.2, 0.25) is 0 Å². The van der Waals surface area contributed by atoms with Gasteiger partial charge in [-0.05, 0) is 25.7 Å². The highest BCUT2D eigenvalue weighted by molar-refractivity contribution is 7.87. The van der Waals surface area contributed by atoms with Crippen molar-refractivity contribution < 1.29 is 8.42 Å². The van der Waals surface area contributed by atoms with E-state index in [1.165, 1.54) is 9.88 Å². The lowest BCUT2D eigenvalue weighted by molar-refractivity contribution is 0.319. The number of rotatable bonds is 6. The first kappa shape index (κ1) is 20.9. The zero-order chi connectivity index (χ0) is 15.5. The van der Waals surface area contributed by atoms with Crippen LogP contribution in [0.25, 0.3) is 0 Å². The van der Waals surface area contributed by atoms with E-state index in [1.54, 1.807) is 14.1 Å². The first-order valence-corrected chi connectivity index (χ1v) is 8.65. The molecular formula is C14H30ClN3O2S. The van der Waals surface area contributed by atoms with E-state index in [-0.39, 0.29) is 18.4 Å². The third-order valence-electron chi connectivity index (χ3n) is 4.04. The van der Waals surface area contributed by atoms with Crippen LogP contribution in [0.3, 0.4) is 0 Å². The molecule has 1 saturated heterocycles. The molecule has 0 aromatic carbocycles. The molecule has 1 heterocycles. The maximum Gasteiger partial charge on any atom is 0.279 e. The van der Waals surface area contributed by atoms with E-state index in [2.05, 4.69) is 36.5 Å². The smallest absolute Gasteiger partial charge is 0.279 e. The van der Waals surface area contributed by atoms with Crippen molar-refractivity contribution in [2.24, 2.45) is 11.8 Å². The second-order valence-corrected chi connectivity index (χ2v) is 8.16. The molecule has 0 amide bonds. The summed E-state index contributed by atoms with van der Waals surface area (Å²) < 4.78 is 28.1. The molecule has 0 bridgehead atoms. The fourth-order valence-electron chi connectivity index (χ4n) is 2.58. The SMILES string of the molecule is C/C=C(\C)CN1C[C@H](NS(=O)(=O)N(C)C)[C@@H](C(C)C)C1.Cl. The van der Waals surface area contributed by atoms with Crippen molar-refractivity contribution in [3.05, 3.63) is 11.6 Å². The fourth-order valence-corrected chi connectivity index (χ4v) is 3.43. The van der Waals surface area contributed by atoms with Crippen LogP contribution in [0, 0.1) is 11.8 Å². The average molecular weight is 340 g/mol. The van der Waals surface area contributed by atoms with Gasteiger partial charge in [-0.3, -0.25) is 4.90 Å². The summed E-state index contributed by atoms with van der Waals surface area (Å²) in [5.74, 6) is 0.815. The van der Waals surface area contributed by atoms with Crippen molar-refractivity contribution in [3.63, 3.8) is 0 Å². The predicted molar refractivity (Wildman–Crippen MR) is 91.0 cm³/mol. The van der Waals surface area contributed by atoms with Crippen LogP contribution in [-0.2, 0) is 10.2 Å². The van der Waals surface area contributed by atoms with Gasteiger partial charge in [0.15, 0.2) is 0 Å². The normalized spacial score (nSPS) is 24.7. The topological polar surface area (TPSA) is 52.7 Å². The van der Waals surface area contributed by atoms with Crippen LogP contribution < -0.4 is 4.72 Å². The molecule has 7 heteroatoms. The van der Waals surface area contributed by atoms with Crippen molar-refractivity contribution in [3.8, 4) is 0 Å². The molecule has 0 aliphatic carbocycles. The molecule has 1 rings (SSSR count). The average Bonchev–Trinajstić information content (AvgIpc) is 2.70. The molecule has 0 radical (unpaired) electrons. The van der Waals surface area contributed by atoms with E-state index in [4.69, 9.17) is 0 Å². The number of hydrogen-bond donors (Lipinski definition) is 1. The first-order chi connectivity index (χ1) is 9.17. The van der Waals surface area contributed by atoms with Crippen LogP contribution in [0.4, 0.5) is 0 Å². The second kappa shape index (κ2) is 8.48. The lowest BCUT2D eigenvalue weighted by atomic mass is 9.92. The predicted octanol–water partition coefficient (Wildman–Crippen LogP) is 1.73. The number of hydrogen-bond acceptors (Lipinski definition) is 3. The van der Waals surface area contributed by atoms with Crippen molar-refractivity contribution in [1.82, 2.24) is 13.9 Å². The quantitative estimate of drug-likeness (QED) is 0.750. The molecule has 1 aliphatic rings. The highest BCUT2D eigenvalue weighted by Crippen LogP contribution is 2.25. The van der Waals surface area contributed by atoms with Crippen molar-refractivity contribution in [1.29, 1.82) is 0 Å². The minimum absolute atomic E-state index is 0. The zero-order valence-corrected chi connectivity index (χ0v) is 15.6. The van der Waals surface area contributed by atoms with Gasteiger partial charge < -0.3 is 0 Å². The molecule has 0 saturated carbocycles. The lowest BCUT2D eigenvalue weighted by Gasteiger charge is -2.24. The Morgan fingerprint density at radius 3 is 2.38 bits per heavy atom. The van der Waals surface area contributed by atoms with Gasteiger partial charge in [-0.15, -0.1) is 12.4 Å². The molecule has 21 heavy (non-hydrogen) atoms. The largest absolute Gasteiger partial charge is 0.297 e. The summed E-state index contributed by atoms with van der Waals surface area (Å²) in [5, 5.41) is 0. The van der Waals surface area contributed by atoms with E-state index in [9.17, 15) is 8.42 Å². The minimum Gasteiger partial charge on any atom is -0.297 e. The summed E-state index contributed by atoms with van der Waals surface area (Å²) in [6.45, 7) is 11.1. The van der Waals surface area contributed by atoms with Crippen LogP contribution in [0.15, 0.2) is 11.6 Å². The molecule has 5 nitrogen and oxygen atoms in total. The molecule has 0 aromatic rings. The van der Waals surface area contributed by atoms with Crippen LogP contribution >= 0.6 is 12.4 Å². The summed E-state index contributed by atoms with van der Waals surface area (Å²) in [7, 11) is -0.246. The van der Waals surface area contributed by atoms with E-state index < -0.39 is 10.2 Å². The summed E-state index contributed by atoms with van der Waals surface area (Å²) in [6.07, 6.45) is 2.11. The Bertz CT molecular complexity index is 449. The second-order valence-electron chi connectivity index (χ2n) is 6.25. The molecular weight excluding hydrogens is 310 g/mol. The van der Waals surface area contributed by atoms with Gasteiger partial charge >= 0.3 is 0 Å².